The highest BCUT2D eigenvalue weighted by Gasteiger charge is 2.35. The van der Waals surface area contributed by atoms with Crippen molar-refractivity contribution in [1.82, 2.24) is 24.8 Å². The summed E-state index contributed by atoms with van der Waals surface area (Å²) in [6.45, 7) is 4.95. The number of likely N-dealkylation sites (tertiary alicyclic amines) is 1. The molecule has 2 aromatic heterocycles. The first-order chi connectivity index (χ1) is 11.3. The number of hydrogen-bond donors (Lipinski definition) is 1. The predicted molar refractivity (Wildman–Crippen MR) is 87.4 cm³/mol. The standard InChI is InChI=1S/C17H23N5O/c1-3-12(4-2)17(23)22-11-5-6-13(22)14-15(19-8-7-18-14)16-20-9-10-21-16/h7-10,12-13H,3-6,11H2,1-2H3,(H,20,21)/t13-/m0/s1. The Morgan fingerprint density at radius 3 is 2.74 bits per heavy atom. The van der Waals surface area contributed by atoms with E-state index < -0.39 is 0 Å². The lowest BCUT2D eigenvalue weighted by atomic mass is 10.0. The van der Waals surface area contributed by atoms with Crippen LogP contribution in [-0.4, -0.2) is 37.3 Å². The van der Waals surface area contributed by atoms with Crippen molar-refractivity contribution in [2.75, 3.05) is 6.54 Å². The SMILES string of the molecule is CCC(CC)C(=O)N1CCC[C@H]1c1nccnc1-c1ncc[nH]1. The predicted octanol–water partition coefficient (Wildman–Crippen LogP) is 2.97. The van der Waals surface area contributed by atoms with Gasteiger partial charge in [-0.1, -0.05) is 13.8 Å². The number of carbonyl (C=O) groups excluding carboxylic acids is 1. The van der Waals surface area contributed by atoms with Crippen LogP contribution in [0.3, 0.4) is 0 Å². The van der Waals surface area contributed by atoms with E-state index in [0.717, 1.165) is 43.6 Å². The number of imidazole rings is 1. The molecule has 1 amide bonds. The molecule has 0 bridgehead atoms. The van der Waals surface area contributed by atoms with Gasteiger partial charge in [0.25, 0.3) is 0 Å². The van der Waals surface area contributed by atoms with Crippen LogP contribution >= 0.6 is 0 Å². The van der Waals surface area contributed by atoms with Crippen LogP contribution < -0.4 is 0 Å². The normalized spacial score (nSPS) is 17.9. The molecule has 1 saturated heterocycles. The van der Waals surface area contributed by atoms with Crippen LogP contribution in [-0.2, 0) is 4.79 Å². The van der Waals surface area contributed by atoms with Gasteiger partial charge in [-0.05, 0) is 25.7 Å². The van der Waals surface area contributed by atoms with E-state index >= 15 is 0 Å². The highest BCUT2D eigenvalue weighted by Crippen LogP contribution is 2.36. The Labute approximate surface area is 136 Å². The van der Waals surface area contributed by atoms with Gasteiger partial charge in [-0.3, -0.25) is 9.78 Å². The van der Waals surface area contributed by atoms with Crippen molar-refractivity contribution in [2.24, 2.45) is 5.92 Å². The first-order valence-corrected chi connectivity index (χ1v) is 8.37. The molecule has 0 spiro atoms. The van der Waals surface area contributed by atoms with Crippen LogP contribution in [0.25, 0.3) is 11.5 Å². The van der Waals surface area contributed by atoms with E-state index in [4.69, 9.17) is 0 Å². The third-order valence-corrected chi connectivity index (χ3v) is 4.64. The monoisotopic (exact) mass is 313 g/mol. The number of rotatable bonds is 5. The van der Waals surface area contributed by atoms with Gasteiger partial charge in [0.05, 0.1) is 11.7 Å². The number of hydrogen-bond acceptors (Lipinski definition) is 4. The molecule has 1 atom stereocenters. The fourth-order valence-electron chi connectivity index (χ4n) is 3.36. The molecule has 6 heteroatoms. The molecule has 0 unspecified atom stereocenters. The number of nitrogens with one attached hydrogen (secondary N) is 1. The van der Waals surface area contributed by atoms with Crippen molar-refractivity contribution in [3.8, 4) is 11.5 Å². The van der Waals surface area contributed by atoms with Crippen LogP contribution in [0.4, 0.5) is 0 Å². The number of nitrogens with zero attached hydrogens (tertiary/aromatic N) is 4. The van der Waals surface area contributed by atoms with Gasteiger partial charge in [-0.2, -0.15) is 0 Å². The minimum Gasteiger partial charge on any atom is -0.343 e. The molecular weight excluding hydrogens is 290 g/mol. The summed E-state index contributed by atoms with van der Waals surface area (Å²) in [7, 11) is 0. The van der Waals surface area contributed by atoms with Crippen LogP contribution in [0, 0.1) is 5.92 Å². The summed E-state index contributed by atoms with van der Waals surface area (Å²) >= 11 is 0. The molecule has 3 heterocycles. The molecule has 1 N–H and O–H groups in total. The third-order valence-electron chi connectivity index (χ3n) is 4.64. The van der Waals surface area contributed by atoms with Gasteiger partial charge in [0.1, 0.15) is 5.69 Å². The summed E-state index contributed by atoms with van der Waals surface area (Å²) in [4.78, 5) is 31.2. The maximum Gasteiger partial charge on any atom is 0.226 e. The number of aromatic amines is 1. The highest BCUT2D eigenvalue weighted by atomic mass is 16.2. The van der Waals surface area contributed by atoms with E-state index in [-0.39, 0.29) is 17.9 Å². The highest BCUT2D eigenvalue weighted by molar-refractivity contribution is 5.79. The Hall–Kier alpha value is -2.24. The topological polar surface area (TPSA) is 74.8 Å². The lowest BCUT2D eigenvalue weighted by Crippen LogP contribution is -2.36. The number of aromatic nitrogens is 4. The van der Waals surface area contributed by atoms with E-state index in [0.29, 0.717) is 5.82 Å². The third kappa shape index (κ3) is 2.98. The first-order valence-electron chi connectivity index (χ1n) is 8.37. The number of carbonyl (C=O) groups is 1. The van der Waals surface area contributed by atoms with Crippen molar-refractivity contribution in [3.63, 3.8) is 0 Å². The zero-order valence-electron chi connectivity index (χ0n) is 13.7. The molecule has 6 nitrogen and oxygen atoms in total. The summed E-state index contributed by atoms with van der Waals surface area (Å²) in [5.41, 5.74) is 1.59. The molecule has 23 heavy (non-hydrogen) atoms. The minimum atomic E-state index is -0.00287. The maximum absolute atomic E-state index is 12.8. The summed E-state index contributed by atoms with van der Waals surface area (Å²) < 4.78 is 0. The van der Waals surface area contributed by atoms with E-state index in [1.165, 1.54) is 0 Å². The fraction of sp³-hybridized carbons (Fsp3) is 0.529. The lowest BCUT2D eigenvalue weighted by molar-refractivity contribution is -0.136. The molecule has 0 aliphatic carbocycles. The average molecular weight is 313 g/mol. The second kappa shape index (κ2) is 6.89. The number of H-pyrrole nitrogens is 1. The minimum absolute atomic E-state index is 0.00287. The molecule has 1 fully saturated rings. The van der Waals surface area contributed by atoms with E-state index in [2.05, 4.69) is 33.8 Å². The molecule has 2 aromatic rings. The zero-order valence-corrected chi connectivity index (χ0v) is 13.7. The molecule has 1 aliphatic rings. The van der Waals surface area contributed by atoms with Gasteiger partial charge >= 0.3 is 0 Å². The largest absolute Gasteiger partial charge is 0.343 e. The maximum atomic E-state index is 12.8. The van der Waals surface area contributed by atoms with Gasteiger partial charge < -0.3 is 9.88 Å². The van der Waals surface area contributed by atoms with Gasteiger partial charge in [0.2, 0.25) is 5.91 Å². The van der Waals surface area contributed by atoms with Crippen molar-refractivity contribution in [3.05, 3.63) is 30.5 Å². The fourth-order valence-corrected chi connectivity index (χ4v) is 3.36. The molecule has 1 aliphatic heterocycles. The second-order valence-corrected chi connectivity index (χ2v) is 5.93. The molecule has 3 rings (SSSR count). The number of amides is 1. The summed E-state index contributed by atoms with van der Waals surface area (Å²) in [6.07, 6.45) is 10.5. The second-order valence-electron chi connectivity index (χ2n) is 5.93. The summed E-state index contributed by atoms with van der Waals surface area (Å²) in [6, 6.07) is -0.00287. The van der Waals surface area contributed by atoms with E-state index in [1.807, 2.05) is 4.90 Å². The Bertz CT molecular complexity index is 651. The van der Waals surface area contributed by atoms with Crippen molar-refractivity contribution in [1.29, 1.82) is 0 Å². The molecule has 0 radical (unpaired) electrons. The molecule has 0 aromatic carbocycles. The van der Waals surface area contributed by atoms with Crippen LogP contribution in [0.2, 0.25) is 0 Å². The van der Waals surface area contributed by atoms with Gasteiger partial charge in [-0.15, -0.1) is 0 Å². The van der Waals surface area contributed by atoms with Crippen LogP contribution in [0.5, 0.6) is 0 Å². The Morgan fingerprint density at radius 2 is 2.04 bits per heavy atom. The van der Waals surface area contributed by atoms with Crippen molar-refractivity contribution < 1.29 is 4.79 Å². The zero-order chi connectivity index (χ0) is 16.2. The average Bonchev–Trinajstić information content (AvgIpc) is 3.27. The van der Waals surface area contributed by atoms with Crippen molar-refractivity contribution in [2.45, 2.75) is 45.6 Å². The Kier molecular flexibility index (Phi) is 4.69. The molecular formula is C17H23N5O. The lowest BCUT2D eigenvalue weighted by Gasteiger charge is -2.28. The smallest absolute Gasteiger partial charge is 0.226 e. The van der Waals surface area contributed by atoms with Gasteiger partial charge in [0.15, 0.2) is 5.82 Å². The quantitative estimate of drug-likeness (QED) is 0.921. The van der Waals surface area contributed by atoms with Gasteiger partial charge in [-0.25, -0.2) is 9.97 Å². The first kappa shape index (κ1) is 15.6. The van der Waals surface area contributed by atoms with Gasteiger partial charge in [0, 0.05) is 37.3 Å². The van der Waals surface area contributed by atoms with E-state index in [1.54, 1.807) is 24.8 Å². The summed E-state index contributed by atoms with van der Waals surface area (Å²) in [5.74, 6) is 1.04. The van der Waals surface area contributed by atoms with E-state index in [9.17, 15) is 4.79 Å². The van der Waals surface area contributed by atoms with Crippen molar-refractivity contribution >= 4 is 5.91 Å². The molecule has 0 saturated carbocycles. The Morgan fingerprint density at radius 1 is 1.26 bits per heavy atom. The summed E-state index contributed by atoms with van der Waals surface area (Å²) in [5, 5.41) is 0. The molecule has 122 valence electrons. The van der Waals surface area contributed by atoms with Crippen LogP contribution in [0.1, 0.15) is 51.3 Å². The van der Waals surface area contributed by atoms with Crippen LogP contribution in [0.15, 0.2) is 24.8 Å². The Balaban J connectivity index is 1.93.